The molecule has 1 aromatic heterocycles. The summed E-state index contributed by atoms with van der Waals surface area (Å²) >= 11 is 8.50. The van der Waals surface area contributed by atoms with Gasteiger partial charge in [0.05, 0.1) is 0 Å². The largest absolute Gasteiger partial charge is 0.358 e. The third-order valence-corrected chi connectivity index (χ3v) is 3.46. The van der Waals surface area contributed by atoms with Gasteiger partial charge in [-0.3, -0.25) is 4.72 Å². The third-order valence-electron chi connectivity index (χ3n) is 1.78. The topological polar surface area (TPSA) is 57.3 Å². The monoisotopic (exact) mass is 280 g/mol. The predicted molar refractivity (Wildman–Crippen MR) is 70.4 cm³/mol. The van der Waals surface area contributed by atoms with E-state index in [4.69, 9.17) is 11.6 Å². The molecule has 0 aliphatic heterocycles. The molecule has 0 fully saturated rings. The number of nitrogens with zero attached hydrogens (tertiary/aromatic N) is 2. The lowest BCUT2D eigenvalue weighted by molar-refractivity contribution is 0.248. The van der Waals surface area contributed by atoms with E-state index < -0.39 is 0 Å². The number of amides is 2. The molecule has 0 spiro atoms. The molecule has 16 heavy (non-hydrogen) atoms. The number of thiazole rings is 1. The first-order chi connectivity index (χ1) is 7.63. The molecule has 90 valence electrons. The number of carbonyl (C=O) groups excluding carboxylic acids is 1. The van der Waals surface area contributed by atoms with Crippen molar-refractivity contribution in [1.29, 1.82) is 0 Å². The van der Waals surface area contributed by atoms with Crippen molar-refractivity contribution in [3.63, 3.8) is 0 Å². The highest BCUT2D eigenvalue weighted by Gasteiger charge is 2.05. The minimum atomic E-state index is -0.190. The standard InChI is InChI=1S/C8H13ClN4OS2/c1-10-8(14)12-16-4-3-13(2)6-5-15-7(9)11-6/h5H,3-4H2,1-2H3,(H2,10,12,14). The lowest BCUT2D eigenvalue weighted by Crippen LogP contribution is -2.29. The molecular formula is C8H13ClN4OS2. The lowest BCUT2D eigenvalue weighted by Gasteiger charge is -2.15. The van der Waals surface area contributed by atoms with Gasteiger partial charge in [0.25, 0.3) is 0 Å². The predicted octanol–water partition coefficient (Wildman–Crippen LogP) is 1.81. The van der Waals surface area contributed by atoms with E-state index in [0.717, 1.165) is 18.1 Å². The third kappa shape index (κ3) is 4.46. The van der Waals surface area contributed by atoms with E-state index in [1.165, 1.54) is 23.3 Å². The number of hydrogen-bond donors (Lipinski definition) is 2. The van der Waals surface area contributed by atoms with Gasteiger partial charge >= 0.3 is 6.03 Å². The Balaban J connectivity index is 2.20. The van der Waals surface area contributed by atoms with Gasteiger partial charge in [-0.15, -0.1) is 11.3 Å². The van der Waals surface area contributed by atoms with Gasteiger partial charge in [0, 0.05) is 31.8 Å². The van der Waals surface area contributed by atoms with Crippen molar-refractivity contribution in [2.45, 2.75) is 0 Å². The van der Waals surface area contributed by atoms with Crippen LogP contribution in [-0.4, -0.2) is 37.4 Å². The van der Waals surface area contributed by atoms with Crippen molar-refractivity contribution < 1.29 is 4.79 Å². The fourth-order valence-corrected chi connectivity index (χ4v) is 2.39. The van der Waals surface area contributed by atoms with Crippen molar-refractivity contribution >= 4 is 46.7 Å². The number of carbonyl (C=O) groups is 1. The summed E-state index contributed by atoms with van der Waals surface area (Å²) in [5.41, 5.74) is 0. The van der Waals surface area contributed by atoms with Crippen molar-refractivity contribution in [2.24, 2.45) is 0 Å². The van der Waals surface area contributed by atoms with Gasteiger partial charge in [0.1, 0.15) is 5.82 Å². The molecule has 0 saturated carbocycles. The van der Waals surface area contributed by atoms with Gasteiger partial charge in [0.15, 0.2) is 4.47 Å². The summed E-state index contributed by atoms with van der Waals surface area (Å²) in [6.45, 7) is 0.786. The Morgan fingerprint density at radius 2 is 2.50 bits per heavy atom. The minimum absolute atomic E-state index is 0.190. The molecule has 0 atom stereocenters. The van der Waals surface area contributed by atoms with Crippen LogP contribution in [-0.2, 0) is 0 Å². The number of anilines is 1. The first kappa shape index (κ1) is 13.4. The highest BCUT2D eigenvalue weighted by Crippen LogP contribution is 2.21. The van der Waals surface area contributed by atoms with Crippen LogP contribution in [0, 0.1) is 0 Å². The van der Waals surface area contributed by atoms with Crippen LogP contribution in [0.5, 0.6) is 0 Å². The Kier molecular flexibility index (Phi) is 5.72. The summed E-state index contributed by atoms with van der Waals surface area (Å²) in [5, 5.41) is 4.38. The SMILES string of the molecule is CNC(=O)NSCCN(C)c1csc(Cl)n1. The molecule has 0 unspecified atom stereocenters. The molecule has 8 heteroatoms. The fourth-order valence-electron chi connectivity index (χ4n) is 0.884. The van der Waals surface area contributed by atoms with Crippen molar-refractivity contribution in [3.05, 3.63) is 9.85 Å². The van der Waals surface area contributed by atoms with Crippen LogP contribution < -0.4 is 14.9 Å². The maximum atomic E-state index is 10.8. The molecule has 1 aromatic rings. The summed E-state index contributed by atoms with van der Waals surface area (Å²) in [7, 11) is 3.52. The molecule has 1 heterocycles. The highest BCUT2D eigenvalue weighted by atomic mass is 35.5. The average molecular weight is 281 g/mol. The zero-order valence-corrected chi connectivity index (χ0v) is 11.4. The van der Waals surface area contributed by atoms with Crippen molar-refractivity contribution in [2.75, 3.05) is 31.3 Å². The van der Waals surface area contributed by atoms with E-state index in [-0.39, 0.29) is 6.03 Å². The summed E-state index contributed by atoms with van der Waals surface area (Å²) < 4.78 is 3.18. The Bertz CT molecular complexity index is 347. The van der Waals surface area contributed by atoms with Crippen LogP contribution in [0.4, 0.5) is 10.6 Å². The molecule has 2 N–H and O–H groups in total. The van der Waals surface area contributed by atoms with E-state index in [0.29, 0.717) is 4.47 Å². The first-order valence-corrected chi connectivity index (χ1v) is 6.79. The fraction of sp³-hybridized carbons (Fsp3) is 0.500. The Labute approximate surface area is 108 Å². The van der Waals surface area contributed by atoms with Gasteiger partial charge in [-0.05, 0) is 11.9 Å². The summed E-state index contributed by atoms with van der Waals surface area (Å²) in [5.74, 6) is 1.63. The molecule has 0 aromatic carbocycles. The van der Waals surface area contributed by atoms with Crippen molar-refractivity contribution in [1.82, 2.24) is 15.0 Å². The summed E-state index contributed by atoms with van der Waals surface area (Å²) in [4.78, 5) is 17.0. The molecule has 1 rings (SSSR count). The summed E-state index contributed by atoms with van der Waals surface area (Å²) in [6.07, 6.45) is 0. The molecule has 0 saturated heterocycles. The normalized spacial score (nSPS) is 9.94. The van der Waals surface area contributed by atoms with Gasteiger partial charge in [-0.25, -0.2) is 9.78 Å². The lowest BCUT2D eigenvalue weighted by atomic mass is 10.6. The molecule has 2 amide bonds. The number of urea groups is 1. The van der Waals surface area contributed by atoms with Gasteiger partial charge < -0.3 is 10.2 Å². The van der Waals surface area contributed by atoms with E-state index >= 15 is 0 Å². The Hall–Kier alpha value is -0.660. The van der Waals surface area contributed by atoms with Crippen LogP contribution >= 0.6 is 34.9 Å². The Morgan fingerprint density at radius 3 is 3.06 bits per heavy atom. The Morgan fingerprint density at radius 1 is 1.75 bits per heavy atom. The second-order valence-corrected chi connectivity index (χ2v) is 5.25. The number of halogens is 1. The number of nitrogens with one attached hydrogen (secondary N) is 2. The highest BCUT2D eigenvalue weighted by molar-refractivity contribution is 7.97. The van der Waals surface area contributed by atoms with E-state index in [1.807, 2.05) is 17.3 Å². The molecule has 5 nitrogen and oxygen atoms in total. The molecule has 0 aliphatic rings. The number of rotatable bonds is 5. The van der Waals surface area contributed by atoms with Crippen molar-refractivity contribution in [3.8, 4) is 0 Å². The second-order valence-electron chi connectivity index (χ2n) is 2.91. The zero-order valence-electron chi connectivity index (χ0n) is 8.99. The molecule has 0 bridgehead atoms. The molecule has 0 aliphatic carbocycles. The minimum Gasteiger partial charge on any atom is -0.358 e. The van der Waals surface area contributed by atoms with Crippen LogP contribution in [0.1, 0.15) is 0 Å². The zero-order chi connectivity index (χ0) is 12.0. The van der Waals surface area contributed by atoms with Crippen LogP contribution in [0.2, 0.25) is 4.47 Å². The van der Waals surface area contributed by atoms with Gasteiger partial charge in [-0.2, -0.15) is 0 Å². The van der Waals surface area contributed by atoms with Crippen LogP contribution in [0.25, 0.3) is 0 Å². The second kappa shape index (κ2) is 6.82. The molecular weight excluding hydrogens is 268 g/mol. The maximum absolute atomic E-state index is 10.8. The molecule has 0 radical (unpaired) electrons. The van der Waals surface area contributed by atoms with Gasteiger partial charge in [-0.1, -0.05) is 11.6 Å². The smallest absolute Gasteiger partial charge is 0.324 e. The maximum Gasteiger partial charge on any atom is 0.324 e. The van der Waals surface area contributed by atoms with Crippen LogP contribution in [0.3, 0.4) is 0 Å². The van der Waals surface area contributed by atoms with E-state index in [2.05, 4.69) is 15.0 Å². The number of aromatic nitrogens is 1. The van der Waals surface area contributed by atoms with Gasteiger partial charge in [0.2, 0.25) is 0 Å². The van der Waals surface area contributed by atoms with E-state index in [9.17, 15) is 4.79 Å². The quantitative estimate of drug-likeness (QED) is 0.638. The number of hydrogen-bond acceptors (Lipinski definition) is 5. The van der Waals surface area contributed by atoms with E-state index in [1.54, 1.807) is 7.05 Å². The average Bonchev–Trinajstić information content (AvgIpc) is 2.70. The van der Waals surface area contributed by atoms with Crippen LogP contribution in [0.15, 0.2) is 5.38 Å². The first-order valence-electron chi connectivity index (χ1n) is 4.55. The summed E-state index contributed by atoms with van der Waals surface area (Å²) in [6, 6.07) is -0.190.